The minimum absolute atomic E-state index is 0.0355. The van der Waals surface area contributed by atoms with Crippen LogP contribution in [0.15, 0.2) is 0 Å². The lowest BCUT2D eigenvalue weighted by molar-refractivity contribution is -0.273. The summed E-state index contributed by atoms with van der Waals surface area (Å²) in [4.78, 5) is 0. The maximum Gasteiger partial charge on any atom is 0.417 e. The van der Waals surface area contributed by atoms with Gasteiger partial charge < -0.3 is 14.9 Å². The van der Waals surface area contributed by atoms with Crippen molar-refractivity contribution in [1.82, 2.24) is 0 Å². The van der Waals surface area contributed by atoms with E-state index in [1.807, 2.05) is 0 Å². The molecule has 3 unspecified atom stereocenters. The van der Waals surface area contributed by atoms with Crippen LogP contribution in [-0.2, 0) is 4.74 Å². The summed E-state index contributed by atoms with van der Waals surface area (Å²) in [6.45, 7) is -0.178. The molecule has 0 aromatic rings. The van der Waals surface area contributed by atoms with Gasteiger partial charge in [0.05, 0.1) is 12.7 Å². The van der Waals surface area contributed by atoms with Crippen LogP contribution in [0.25, 0.3) is 0 Å². The van der Waals surface area contributed by atoms with Gasteiger partial charge in [-0.3, -0.25) is 0 Å². The fraction of sp³-hybridized carbons (Fsp3) is 1.00. The fourth-order valence-electron chi connectivity index (χ4n) is 1.07. The molecule has 6 heteroatoms. The molecule has 3 nitrogen and oxygen atoms in total. The van der Waals surface area contributed by atoms with Gasteiger partial charge in [0.1, 0.15) is 6.10 Å². The van der Waals surface area contributed by atoms with Crippen molar-refractivity contribution in [2.24, 2.45) is 0 Å². The van der Waals surface area contributed by atoms with E-state index in [0.717, 1.165) is 0 Å². The van der Waals surface area contributed by atoms with Crippen LogP contribution in [0.1, 0.15) is 6.42 Å². The van der Waals surface area contributed by atoms with Gasteiger partial charge in [-0.1, -0.05) is 0 Å². The minimum atomic E-state index is -4.61. The van der Waals surface area contributed by atoms with Crippen LogP contribution in [0, 0.1) is 0 Å². The predicted molar refractivity (Wildman–Crippen MR) is 32.4 cm³/mol. The first-order valence-corrected chi connectivity index (χ1v) is 3.47. The van der Waals surface area contributed by atoms with Gasteiger partial charge in [0, 0.05) is 0 Å². The zero-order valence-corrected chi connectivity index (χ0v) is 6.08. The lowest BCUT2D eigenvalue weighted by atomic mass is 10.0. The summed E-state index contributed by atoms with van der Waals surface area (Å²) in [7, 11) is 0. The smallest absolute Gasteiger partial charge is 0.390 e. The normalized spacial score (nSPS) is 38.2. The zero-order valence-electron chi connectivity index (χ0n) is 6.08. The second kappa shape index (κ2) is 3.20. The molecule has 0 radical (unpaired) electrons. The Bertz CT molecular complexity index is 159. The molecule has 0 aromatic carbocycles. The van der Waals surface area contributed by atoms with Gasteiger partial charge in [-0.15, -0.1) is 0 Å². The van der Waals surface area contributed by atoms with Crippen LogP contribution < -0.4 is 0 Å². The van der Waals surface area contributed by atoms with Crippen molar-refractivity contribution in [3.63, 3.8) is 0 Å². The summed E-state index contributed by atoms with van der Waals surface area (Å²) < 4.78 is 40.2. The third-order valence-corrected chi connectivity index (χ3v) is 1.74. The number of hydrogen-bond acceptors (Lipinski definition) is 3. The van der Waals surface area contributed by atoms with Gasteiger partial charge >= 0.3 is 6.18 Å². The maximum absolute atomic E-state index is 12.0. The van der Waals surface area contributed by atoms with E-state index in [0.29, 0.717) is 0 Å². The van der Waals surface area contributed by atoms with Crippen molar-refractivity contribution in [1.29, 1.82) is 0 Å². The molecule has 1 heterocycles. The molecule has 0 saturated carbocycles. The number of aliphatic hydroxyl groups is 2. The average molecular weight is 186 g/mol. The van der Waals surface area contributed by atoms with E-state index in [4.69, 9.17) is 10.2 Å². The highest BCUT2D eigenvalue weighted by Gasteiger charge is 2.49. The third-order valence-electron chi connectivity index (χ3n) is 1.74. The molecule has 1 saturated heterocycles. The van der Waals surface area contributed by atoms with Gasteiger partial charge in [-0.25, -0.2) is 0 Å². The first-order chi connectivity index (χ1) is 5.43. The van der Waals surface area contributed by atoms with Crippen molar-refractivity contribution in [2.75, 3.05) is 6.61 Å². The first kappa shape index (κ1) is 9.76. The molecular weight excluding hydrogens is 177 g/mol. The molecule has 1 aliphatic heterocycles. The van der Waals surface area contributed by atoms with Gasteiger partial charge in [-0.05, 0) is 6.42 Å². The Hall–Kier alpha value is -0.330. The van der Waals surface area contributed by atoms with Crippen molar-refractivity contribution in [3.05, 3.63) is 0 Å². The summed E-state index contributed by atoms with van der Waals surface area (Å²) in [5.74, 6) is 0. The van der Waals surface area contributed by atoms with Crippen LogP contribution >= 0.6 is 0 Å². The highest BCUT2D eigenvalue weighted by Crippen LogP contribution is 2.29. The zero-order chi connectivity index (χ0) is 9.35. The molecular formula is C6H9F3O3. The Labute approximate surface area is 66.8 Å². The monoisotopic (exact) mass is 186 g/mol. The van der Waals surface area contributed by atoms with Gasteiger partial charge in [0.2, 0.25) is 0 Å². The molecule has 1 aliphatic rings. The van der Waals surface area contributed by atoms with E-state index >= 15 is 0 Å². The van der Waals surface area contributed by atoms with Crippen molar-refractivity contribution in [3.8, 4) is 0 Å². The number of aliphatic hydroxyl groups excluding tert-OH is 2. The van der Waals surface area contributed by atoms with Crippen molar-refractivity contribution >= 4 is 0 Å². The standard InChI is InChI=1S/C6H9F3O3/c7-6(8,9)5-4(11)3(10)1-2-12-5/h3-5,10-11H,1-2H2. The van der Waals surface area contributed by atoms with E-state index < -0.39 is 24.5 Å². The molecule has 1 rings (SSSR count). The minimum Gasteiger partial charge on any atom is -0.390 e. The predicted octanol–water partition coefficient (Wildman–Crippen LogP) is 0.0594. The van der Waals surface area contributed by atoms with Gasteiger partial charge in [0.15, 0.2) is 6.10 Å². The Kier molecular flexibility index (Phi) is 2.60. The molecule has 1 fully saturated rings. The Morgan fingerprint density at radius 3 is 2.25 bits per heavy atom. The molecule has 0 aliphatic carbocycles. The number of rotatable bonds is 0. The number of hydrogen-bond donors (Lipinski definition) is 2. The fourth-order valence-corrected chi connectivity index (χ4v) is 1.07. The molecule has 0 spiro atoms. The summed E-state index contributed by atoms with van der Waals surface area (Å²) >= 11 is 0. The lowest BCUT2D eigenvalue weighted by Crippen LogP contribution is -2.51. The van der Waals surface area contributed by atoms with Crippen LogP contribution in [0.4, 0.5) is 13.2 Å². The van der Waals surface area contributed by atoms with Gasteiger partial charge in [-0.2, -0.15) is 13.2 Å². The molecule has 3 atom stereocenters. The number of ether oxygens (including phenoxy) is 1. The Balaban J connectivity index is 2.64. The average Bonchev–Trinajstić information content (AvgIpc) is 1.92. The molecule has 2 N–H and O–H groups in total. The van der Waals surface area contributed by atoms with E-state index in [9.17, 15) is 13.2 Å². The number of halogens is 3. The summed E-state index contributed by atoms with van der Waals surface area (Å²) in [6, 6.07) is 0. The van der Waals surface area contributed by atoms with E-state index in [-0.39, 0.29) is 13.0 Å². The number of alkyl halides is 3. The van der Waals surface area contributed by atoms with Crippen LogP contribution in [0.3, 0.4) is 0 Å². The molecule has 0 bridgehead atoms. The summed E-state index contributed by atoms with van der Waals surface area (Å²) in [5.41, 5.74) is 0. The molecule has 0 aromatic heterocycles. The highest BCUT2D eigenvalue weighted by atomic mass is 19.4. The van der Waals surface area contributed by atoms with Crippen LogP contribution in [-0.4, -0.2) is 41.3 Å². The SMILES string of the molecule is OC1CCOC(C(F)(F)F)C1O. The van der Waals surface area contributed by atoms with E-state index in [1.165, 1.54) is 0 Å². The molecule has 12 heavy (non-hydrogen) atoms. The molecule has 72 valence electrons. The first-order valence-electron chi connectivity index (χ1n) is 3.47. The summed E-state index contributed by atoms with van der Waals surface area (Å²) in [6.07, 6.45) is -10.0. The van der Waals surface area contributed by atoms with E-state index in [2.05, 4.69) is 4.74 Å². The van der Waals surface area contributed by atoms with E-state index in [1.54, 1.807) is 0 Å². The largest absolute Gasteiger partial charge is 0.417 e. The molecule has 0 amide bonds. The Morgan fingerprint density at radius 2 is 1.83 bits per heavy atom. The maximum atomic E-state index is 12.0. The van der Waals surface area contributed by atoms with Gasteiger partial charge in [0.25, 0.3) is 0 Å². The van der Waals surface area contributed by atoms with Crippen molar-refractivity contribution < 1.29 is 28.1 Å². The van der Waals surface area contributed by atoms with Crippen LogP contribution in [0.2, 0.25) is 0 Å². The quantitative estimate of drug-likeness (QED) is 0.562. The second-order valence-electron chi connectivity index (χ2n) is 2.68. The van der Waals surface area contributed by atoms with Crippen molar-refractivity contribution in [2.45, 2.75) is 30.9 Å². The second-order valence-corrected chi connectivity index (χ2v) is 2.68. The topological polar surface area (TPSA) is 49.7 Å². The summed E-state index contributed by atoms with van der Waals surface area (Å²) in [5, 5.41) is 17.8. The van der Waals surface area contributed by atoms with Crippen LogP contribution in [0.5, 0.6) is 0 Å². The highest BCUT2D eigenvalue weighted by molar-refractivity contribution is 4.85. The lowest BCUT2D eigenvalue weighted by Gasteiger charge is -2.32. The third kappa shape index (κ3) is 1.88. The Morgan fingerprint density at radius 1 is 1.25 bits per heavy atom.